The van der Waals surface area contributed by atoms with Gasteiger partial charge in [-0.2, -0.15) is 0 Å². The van der Waals surface area contributed by atoms with E-state index >= 15 is 0 Å². The van der Waals surface area contributed by atoms with E-state index in [1.54, 1.807) is 6.20 Å². The summed E-state index contributed by atoms with van der Waals surface area (Å²) in [6, 6.07) is 0. The van der Waals surface area contributed by atoms with Crippen LogP contribution in [0, 0.1) is 0 Å². The van der Waals surface area contributed by atoms with Gasteiger partial charge in [0, 0.05) is 42.4 Å². The normalized spacial score (nSPS) is 20.1. The highest BCUT2D eigenvalue weighted by Gasteiger charge is 2.27. The van der Waals surface area contributed by atoms with Crippen LogP contribution < -0.4 is 16.0 Å². The van der Waals surface area contributed by atoms with E-state index in [4.69, 9.17) is 11.6 Å². The lowest BCUT2D eigenvalue weighted by molar-refractivity contribution is 0.633. The van der Waals surface area contributed by atoms with Gasteiger partial charge in [0.15, 0.2) is 5.82 Å². The number of fused-ring (bicyclic) bond motifs is 1. The topological polar surface area (TPSA) is 61.9 Å². The lowest BCUT2D eigenvalue weighted by atomic mass is 10.0. The molecule has 5 nitrogen and oxygen atoms in total. The summed E-state index contributed by atoms with van der Waals surface area (Å²) >= 11 is 6.06. The lowest BCUT2D eigenvalue weighted by Gasteiger charge is -2.19. The molecule has 1 atom stereocenters. The van der Waals surface area contributed by atoms with Gasteiger partial charge in [-0.25, -0.2) is 9.97 Å². The number of nitrogens with zero attached hydrogens (tertiary/aromatic N) is 2. The molecule has 1 unspecified atom stereocenters. The quantitative estimate of drug-likeness (QED) is 0.794. The molecule has 6 heteroatoms. The number of aromatic nitrogens is 2. The average Bonchev–Trinajstić information content (AvgIpc) is 2.89. The number of dihydropyridines is 1. The van der Waals surface area contributed by atoms with Crippen molar-refractivity contribution < 1.29 is 0 Å². The van der Waals surface area contributed by atoms with E-state index in [-0.39, 0.29) is 6.17 Å². The fourth-order valence-electron chi connectivity index (χ4n) is 2.35. The van der Waals surface area contributed by atoms with E-state index in [0.717, 1.165) is 28.9 Å². The summed E-state index contributed by atoms with van der Waals surface area (Å²) in [5.74, 6) is 1.56. The predicted octanol–water partition coefficient (Wildman–Crippen LogP) is 1.96. The minimum atomic E-state index is 0.0417. The lowest BCUT2D eigenvalue weighted by Crippen LogP contribution is -2.36. The molecule has 0 saturated heterocycles. The third-order valence-corrected chi connectivity index (χ3v) is 3.64. The number of rotatable bonds is 3. The van der Waals surface area contributed by atoms with Crippen molar-refractivity contribution >= 4 is 23.0 Å². The van der Waals surface area contributed by atoms with Crippen molar-refractivity contribution in [2.24, 2.45) is 0 Å². The second kappa shape index (κ2) is 5.17. The van der Waals surface area contributed by atoms with Crippen molar-refractivity contribution in [3.63, 3.8) is 0 Å². The van der Waals surface area contributed by atoms with Crippen LogP contribution in [0.3, 0.4) is 0 Å². The predicted molar refractivity (Wildman–Crippen MR) is 81.0 cm³/mol. The summed E-state index contributed by atoms with van der Waals surface area (Å²) in [7, 11) is 1.87. The first-order valence-corrected chi connectivity index (χ1v) is 6.94. The third kappa shape index (κ3) is 2.14. The number of halogens is 1. The molecular formula is C14H16ClN5. The molecule has 0 radical (unpaired) electrons. The Balaban J connectivity index is 1.99. The van der Waals surface area contributed by atoms with Crippen molar-refractivity contribution in [2.45, 2.75) is 19.5 Å². The molecular weight excluding hydrogens is 274 g/mol. The van der Waals surface area contributed by atoms with Gasteiger partial charge in [-0.3, -0.25) is 0 Å². The van der Waals surface area contributed by atoms with Crippen molar-refractivity contribution in [2.75, 3.05) is 12.4 Å². The highest BCUT2D eigenvalue weighted by molar-refractivity contribution is 6.31. The molecule has 0 saturated carbocycles. The number of aryl methyl sites for hydroxylation is 1. The first-order valence-electron chi connectivity index (χ1n) is 6.57. The maximum atomic E-state index is 6.06. The molecule has 1 aromatic rings. The summed E-state index contributed by atoms with van der Waals surface area (Å²) in [6.45, 7) is 2.09. The summed E-state index contributed by atoms with van der Waals surface area (Å²) in [5, 5.41) is 10.2. The fraction of sp³-hybridized carbons (Fsp3) is 0.286. The second-order valence-electron chi connectivity index (χ2n) is 4.62. The average molecular weight is 290 g/mol. The Hall–Kier alpha value is -2.01. The van der Waals surface area contributed by atoms with Gasteiger partial charge in [-0.05, 0) is 12.5 Å². The number of nitrogens with one attached hydrogen (secondary N) is 3. The first kappa shape index (κ1) is 13.0. The maximum absolute atomic E-state index is 6.06. The summed E-state index contributed by atoms with van der Waals surface area (Å²) in [4.78, 5) is 9.06. The van der Waals surface area contributed by atoms with E-state index < -0.39 is 0 Å². The largest absolute Gasteiger partial charge is 0.373 e. The molecule has 0 bridgehead atoms. The van der Waals surface area contributed by atoms with Crippen LogP contribution in [0.2, 0.25) is 0 Å². The van der Waals surface area contributed by atoms with Gasteiger partial charge in [0.1, 0.15) is 12.0 Å². The van der Waals surface area contributed by atoms with Crippen LogP contribution in [-0.2, 0) is 6.42 Å². The number of hydrogen-bond donors (Lipinski definition) is 3. The Labute approximate surface area is 122 Å². The van der Waals surface area contributed by atoms with Gasteiger partial charge in [0.2, 0.25) is 0 Å². The zero-order valence-corrected chi connectivity index (χ0v) is 12.1. The summed E-state index contributed by atoms with van der Waals surface area (Å²) in [6.07, 6.45) is 8.45. The van der Waals surface area contributed by atoms with Crippen LogP contribution >= 0.6 is 11.6 Å². The molecule has 0 amide bonds. The molecule has 0 aliphatic carbocycles. The molecule has 104 valence electrons. The molecule has 3 heterocycles. The van der Waals surface area contributed by atoms with Crippen LogP contribution in [0.5, 0.6) is 0 Å². The van der Waals surface area contributed by atoms with Gasteiger partial charge in [0.25, 0.3) is 0 Å². The number of allylic oxidation sites excluding steroid dienone is 2. The van der Waals surface area contributed by atoms with Crippen LogP contribution in [0.1, 0.15) is 18.3 Å². The number of anilines is 1. The fourth-order valence-corrected chi connectivity index (χ4v) is 2.53. The Morgan fingerprint density at radius 2 is 2.15 bits per heavy atom. The molecule has 3 N–H and O–H groups in total. The van der Waals surface area contributed by atoms with Gasteiger partial charge in [-0.15, -0.1) is 0 Å². The minimum absolute atomic E-state index is 0.0417. The van der Waals surface area contributed by atoms with Gasteiger partial charge < -0.3 is 16.0 Å². The van der Waals surface area contributed by atoms with Crippen molar-refractivity contribution in [3.8, 4) is 0 Å². The summed E-state index contributed by atoms with van der Waals surface area (Å²) < 4.78 is 0. The second-order valence-corrected chi connectivity index (χ2v) is 5.06. The molecule has 1 aromatic heterocycles. The maximum Gasteiger partial charge on any atom is 0.163 e. The first-order chi connectivity index (χ1) is 9.72. The highest BCUT2D eigenvalue weighted by Crippen LogP contribution is 2.31. The monoisotopic (exact) mass is 289 g/mol. The Kier molecular flexibility index (Phi) is 3.36. The van der Waals surface area contributed by atoms with E-state index in [2.05, 4.69) is 32.8 Å². The van der Waals surface area contributed by atoms with E-state index in [0.29, 0.717) is 10.9 Å². The molecule has 2 aliphatic rings. The van der Waals surface area contributed by atoms with Crippen LogP contribution in [0.25, 0.3) is 5.57 Å². The van der Waals surface area contributed by atoms with E-state index in [1.807, 2.05) is 25.5 Å². The highest BCUT2D eigenvalue weighted by atomic mass is 35.5. The van der Waals surface area contributed by atoms with Crippen molar-refractivity contribution in [1.29, 1.82) is 0 Å². The Morgan fingerprint density at radius 1 is 1.35 bits per heavy atom. The molecule has 2 aliphatic heterocycles. The van der Waals surface area contributed by atoms with E-state index in [9.17, 15) is 0 Å². The zero-order valence-electron chi connectivity index (χ0n) is 11.4. The SMILES string of the molecule is CCc1cnc(C2=CNC3NC=C(Cl)C=C23)nc1NC. The molecule has 0 aromatic carbocycles. The zero-order chi connectivity index (χ0) is 14.1. The van der Waals surface area contributed by atoms with Gasteiger partial charge in [-0.1, -0.05) is 18.5 Å². The standard InChI is InChI=1S/C14H16ClN5/c1-3-8-5-17-14(20-12(8)16-2)11-7-19-13-10(11)4-9(15)6-18-13/h4-7,13,18-19H,3H2,1-2H3,(H,16,17,20). The molecule has 20 heavy (non-hydrogen) atoms. The Bertz CT molecular complexity index is 632. The molecule has 0 spiro atoms. The van der Waals surface area contributed by atoms with E-state index in [1.165, 1.54) is 0 Å². The number of hydrogen-bond acceptors (Lipinski definition) is 5. The smallest absolute Gasteiger partial charge is 0.163 e. The van der Waals surface area contributed by atoms with Crippen molar-refractivity contribution in [3.05, 3.63) is 46.7 Å². The summed E-state index contributed by atoms with van der Waals surface area (Å²) in [5.41, 5.74) is 3.13. The molecule has 3 rings (SSSR count). The minimum Gasteiger partial charge on any atom is -0.373 e. The van der Waals surface area contributed by atoms with Gasteiger partial charge in [0.05, 0.1) is 5.03 Å². The Morgan fingerprint density at radius 3 is 2.90 bits per heavy atom. The van der Waals surface area contributed by atoms with Crippen molar-refractivity contribution in [1.82, 2.24) is 20.6 Å². The van der Waals surface area contributed by atoms with Crippen LogP contribution in [-0.4, -0.2) is 23.2 Å². The van der Waals surface area contributed by atoms with Crippen LogP contribution in [0.4, 0.5) is 5.82 Å². The van der Waals surface area contributed by atoms with Crippen LogP contribution in [0.15, 0.2) is 35.3 Å². The third-order valence-electron chi connectivity index (χ3n) is 3.42. The molecule has 0 fully saturated rings. The van der Waals surface area contributed by atoms with Gasteiger partial charge >= 0.3 is 0 Å².